The first-order valence-electron chi connectivity index (χ1n) is 9.21. The molecule has 0 aromatic heterocycles. The third-order valence-corrected chi connectivity index (χ3v) is 3.82. The van der Waals surface area contributed by atoms with Crippen LogP contribution in [0.4, 0.5) is 0 Å². The van der Waals surface area contributed by atoms with E-state index >= 15 is 0 Å². The Labute approximate surface area is 152 Å². The molecule has 0 unspecified atom stereocenters. The molecule has 0 bridgehead atoms. The molecule has 0 amide bonds. The van der Waals surface area contributed by atoms with Crippen molar-refractivity contribution in [1.82, 2.24) is 5.32 Å². The highest BCUT2D eigenvalue weighted by Gasteiger charge is 2.01. The van der Waals surface area contributed by atoms with Crippen molar-refractivity contribution >= 4 is 0 Å². The van der Waals surface area contributed by atoms with E-state index in [1.54, 1.807) is 0 Å². The Morgan fingerprint density at radius 1 is 0.840 bits per heavy atom. The molecule has 0 atom stereocenters. The molecule has 3 nitrogen and oxygen atoms in total. The summed E-state index contributed by atoms with van der Waals surface area (Å²) in [5.74, 6) is 2.54. The molecular formula is C22H31NO2. The van der Waals surface area contributed by atoms with Gasteiger partial charge in [0.05, 0.1) is 12.7 Å². The Morgan fingerprint density at radius 3 is 2.24 bits per heavy atom. The first-order valence-corrected chi connectivity index (χ1v) is 9.21. The lowest BCUT2D eigenvalue weighted by molar-refractivity contribution is 0.242. The normalized spacial score (nSPS) is 11.1. The fraction of sp³-hybridized carbons (Fsp3) is 0.455. The topological polar surface area (TPSA) is 30.5 Å². The number of benzene rings is 2. The molecule has 25 heavy (non-hydrogen) atoms. The minimum absolute atomic E-state index is 0.207. The summed E-state index contributed by atoms with van der Waals surface area (Å²) in [5, 5.41) is 3.48. The summed E-state index contributed by atoms with van der Waals surface area (Å²) in [5.41, 5.74) is 2.49. The van der Waals surface area contributed by atoms with E-state index in [0.29, 0.717) is 5.92 Å². The third kappa shape index (κ3) is 7.61. The van der Waals surface area contributed by atoms with Gasteiger partial charge in [-0.2, -0.15) is 0 Å². The van der Waals surface area contributed by atoms with E-state index in [9.17, 15) is 0 Å². The molecule has 0 aliphatic carbocycles. The summed E-state index contributed by atoms with van der Waals surface area (Å²) in [6.45, 7) is 10.9. The minimum atomic E-state index is 0.207. The van der Waals surface area contributed by atoms with Gasteiger partial charge in [-0.1, -0.05) is 38.1 Å². The summed E-state index contributed by atoms with van der Waals surface area (Å²) >= 11 is 0. The van der Waals surface area contributed by atoms with Gasteiger partial charge in [0, 0.05) is 13.1 Å². The standard InChI is InChI=1S/C22H31NO2/c1-17(2)12-13-24-22-7-5-6-20(14-22)16-23-15-19-8-10-21(11-9-19)25-18(3)4/h5-11,14,17-18,23H,12-13,15-16H2,1-4H3. The first kappa shape index (κ1) is 19.3. The van der Waals surface area contributed by atoms with E-state index in [2.05, 4.69) is 49.5 Å². The van der Waals surface area contributed by atoms with E-state index in [1.165, 1.54) is 11.1 Å². The SMILES string of the molecule is CC(C)CCOc1cccc(CNCc2ccc(OC(C)C)cc2)c1. The van der Waals surface area contributed by atoms with Crippen molar-refractivity contribution < 1.29 is 9.47 Å². The molecule has 0 aliphatic rings. The minimum Gasteiger partial charge on any atom is -0.494 e. The monoisotopic (exact) mass is 341 g/mol. The molecule has 0 aliphatic heterocycles. The van der Waals surface area contributed by atoms with Crippen LogP contribution in [-0.2, 0) is 13.1 Å². The molecule has 2 aromatic rings. The predicted molar refractivity (Wildman–Crippen MR) is 104 cm³/mol. The van der Waals surface area contributed by atoms with Gasteiger partial charge in [0.2, 0.25) is 0 Å². The van der Waals surface area contributed by atoms with Gasteiger partial charge in [0.15, 0.2) is 0 Å². The Hall–Kier alpha value is -2.00. The van der Waals surface area contributed by atoms with Crippen LogP contribution in [0, 0.1) is 5.92 Å². The Morgan fingerprint density at radius 2 is 1.56 bits per heavy atom. The average molecular weight is 341 g/mol. The number of rotatable bonds is 10. The second-order valence-electron chi connectivity index (χ2n) is 7.09. The van der Waals surface area contributed by atoms with Crippen molar-refractivity contribution in [2.75, 3.05) is 6.61 Å². The quantitative estimate of drug-likeness (QED) is 0.645. The van der Waals surface area contributed by atoms with Gasteiger partial charge in [-0.05, 0) is 61.6 Å². The first-order chi connectivity index (χ1) is 12.0. The van der Waals surface area contributed by atoms with Crippen molar-refractivity contribution in [3.63, 3.8) is 0 Å². The maximum Gasteiger partial charge on any atom is 0.119 e. The van der Waals surface area contributed by atoms with Crippen LogP contribution in [0.25, 0.3) is 0 Å². The lowest BCUT2D eigenvalue weighted by Gasteiger charge is -2.11. The molecule has 2 aromatic carbocycles. The molecule has 3 heteroatoms. The van der Waals surface area contributed by atoms with Gasteiger partial charge in [-0.15, -0.1) is 0 Å². The number of ether oxygens (including phenoxy) is 2. The molecule has 0 saturated heterocycles. The van der Waals surface area contributed by atoms with Gasteiger partial charge < -0.3 is 14.8 Å². The van der Waals surface area contributed by atoms with Crippen LogP contribution in [0.15, 0.2) is 48.5 Å². The van der Waals surface area contributed by atoms with Crippen LogP contribution in [0.5, 0.6) is 11.5 Å². The maximum atomic E-state index is 5.83. The second kappa shape index (κ2) is 10.1. The predicted octanol–water partition coefficient (Wildman–Crippen LogP) is 5.19. The Bertz CT molecular complexity index is 620. The van der Waals surface area contributed by atoms with Crippen LogP contribution < -0.4 is 14.8 Å². The van der Waals surface area contributed by atoms with Gasteiger partial charge in [-0.3, -0.25) is 0 Å². The fourth-order valence-corrected chi connectivity index (χ4v) is 2.47. The Balaban J connectivity index is 1.77. The molecule has 0 saturated carbocycles. The fourth-order valence-electron chi connectivity index (χ4n) is 2.47. The van der Waals surface area contributed by atoms with Crippen LogP contribution in [-0.4, -0.2) is 12.7 Å². The Kier molecular flexibility index (Phi) is 7.80. The zero-order valence-electron chi connectivity index (χ0n) is 15.9. The largest absolute Gasteiger partial charge is 0.494 e. The van der Waals surface area contributed by atoms with Crippen molar-refractivity contribution in [1.29, 1.82) is 0 Å². The van der Waals surface area contributed by atoms with E-state index in [-0.39, 0.29) is 6.10 Å². The average Bonchev–Trinajstić information content (AvgIpc) is 2.56. The van der Waals surface area contributed by atoms with Gasteiger partial charge >= 0.3 is 0 Å². The van der Waals surface area contributed by atoms with Crippen LogP contribution >= 0.6 is 0 Å². The summed E-state index contributed by atoms with van der Waals surface area (Å²) in [4.78, 5) is 0. The lowest BCUT2D eigenvalue weighted by atomic mass is 10.1. The highest BCUT2D eigenvalue weighted by molar-refractivity contribution is 5.29. The van der Waals surface area contributed by atoms with Crippen molar-refractivity contribution in [3.8, 4) is 11.5 Å². The molecule has 0 fully saturated rings. The lowest BCUT2D eigenvalue weighted by Crippen LogP contribution is -2.13. The summed E-state index contributed by atoms with van der Waals surface area (Å²) < 4.78 is 11.5. The molecular weight excluding hydrogens is 310 g/mol. The molecule has 0 spiro atoms. The number of hydrogen-bond acceptors (Lipinski definition) is 3. The molecule has 0 heterocycles. The zero-order chi connectivity index (χ0) is 18.1. The summed E-state index contributed by atoms with van der Waals surface area (Å²) in [7, 11) is 0. The molecule has 0 radical (unpaired) electrons. The summed E-state index contributed by atoms with van der Waals surface area (Å²) in [6.07, 6.45) is 1.29. The van der Waals surface area contributed by atoms with E-state index < -0.39 is 0 Å². The molecule has 2 rings (SSSR count). The van der Waals surface area contributed by atoms with Gasteiger partial charge in [-0.25, -0.2) is 0 Å². The van der Waals surface area contributed by atoms with Crippen LogP contribution in [0.1, 0.15) is 45.2 Å². The number of nitrogens with one attached hydrogen (secondary N) is 1. The zero-order valence-corrected chi connectivity index (χ0v) is 15.9. The van der Waals surface area contributed by atoms with Crippen LogP contribution in [0.3, 0.4) is 0 Å². The van der Waals surface area contributed by atoms with Gasteiger partial charge in [0.25, 0.3) is 0 Å². The summed E-state index contributed by atoms with van der Waals surface area (Å²) in [6, 6.07) is 16.6. The van der Waals surface area contributed by atoms with Crippen molar-refractivity contribution in [2.24, 2.45) is 5.92 Å². The third-order valence-electron chi connectivity index (χ3n) is 3.82. The van der Waals surface area contributed by atoms with E-state index in [0.717, 1.165) is 37.6 Å². The number of hydrogen-bond donors (Lipinski definition) is 1. The maximum absolute atomic E-state index is 5.83. The van der Waals surface area contributed by atoms with Crippen LogP contribution in [0.2, 0.25) is 0 Å². The smallest absolute Gasteiger partial charge is 0.119 e. The van der Waals surface area contributed by atoms with Crippen molar-refractivity contribution in [3.05, 3.63) is 59.7 Å². The van der Waals surface area contributed by atoms with E-state index in [1.807, 2.05) is 32.0 Å². The molecule has 1 N–H and O–H groups in total. The highest BCUT2D eigenvalue weighted by Crippen LogP contribution is 2.16. The van der Waals surface area contributed by atoms with Gasteiger partial charge in [0.1, 0.15) is 11.5 Å². The van der Waals surface area contributed by atoms with E-state index in [4.69, 9.17) is 9.47 Å². The second-order valence-corrected chi connectivity index (χ2v) is 7.09. The van der Waals surface area contributed by atoms with Crippen molar-refractivity contribution in [2.45, 2.75) is 53.3 Å². The molecule has 136 valence electrons. The highest BCUT2D eigenvalue weighted by atomic mass is 16.5.